The Labute approximate surface area is 114 Å². The lowest BCUT2D eigenvalue weighted by molar-refractivity contribution is 0.102. The Morgan fingerprint density at radius 2 is 2.26 bits per heavy atom. The summed E-state index contributed by atoms with van der Waals surface area (Å²) in [6, 6.07) is 4.66. The number of hydrogen-bond acceptors (Lipinski definition) is 4. The van der Waals surface area contributed by atoms with E-state index in [1.54, 1.807) is 19.1 Å². The summed E-state index contributed by atoms with van der Waals surface area (Å²) in [5.74, 6) is 0.00134. The zero-order chi connectivity index (χ0) is 14.0. The molecule has 0 aliphatic heterocycles. The van der Waals surface area contributed by atoms with E-state index in [1.807, 2.05) is 0 Å². The fourth-order valence-corrected chi connectivity index (χ4v) is 1.66. The van der Waals surface area contributed by atoms with Gasteiger partial charge in [0.25, 0.3) is 5.91 Å². The molecule has 0 bridgehead atoms. The van der Waals surface area contributed by atoms with Crippen molar-refractivity contribution in [3.63, 3.8) is 0 Å². The summed E-state index contributed by atoms with van der Waals surface area (Å²) in [6.07, 6.45) is 1.44. The number of phenolic OH excluding ortho intramolecular Hbond substituents is 1. The van der Waals surface area contributed by atoms with Gasteiger partial charge in [0.15, 0.2) is 0 Å². The van der Waals surface area contributed by atoms with Gasteiger partial charge in [0, 0.05) is 5.56 Å². The van der Waals surface area contributed by atoms with E-state index >= 15 is 0 Å². The Balaban J connectivity index is 2.23. The fourth-order valence-electron chi connectivity index (χ4n) is 1.50. The topological polar surface area (TPSA) is 104 Å². The number of hydrogen-bond donors (Lipinski definition) is 4. The van der Waals surface area contributed by atoms with Gasteiger partial charge >= 0.3 is 0 Å². The number of nitrogens with two attached hydrogens (primary N) is 1. The lowest BCUT2D eigenvalue weighted by Crippen LogP contribution is -2.17. The molecule has 0 saturated carbocycles. The molecule has 1 aromatic heterocycles. The summed E-state index contributed by atoms with van der Waals surface area (Å²) in [7, 11) is 0. The first-order chi connectivity index (χ1) is 8.99. The largest absolute Gasteiger partial charge is 0.508 e. The third kappa shape index (κ3) is 2.71. The molecule has 1 amide bonds. The Morgan fingerprint density at radius 1 is 1.53 bits per heavy atom. The van der Waals surface area contributed by atoms with Crippen LogP contribution in [0.2, 0.25) is 0 Å². The van der Waals surface area contributed by atoms with Crippen LogP contribution in [0.3, 0.4) is 0 Å². The number of nitrogens with zero attached hydrogens (tertiary/aromatic N) is 1. The third-order valence-electron chi connectivity index (χ3n) is 2.61. The molecule has 2 rings (SSSR count). The first-order valence-electron chi connectivity index (χ1n) is 5.43. The highest BCUT2D eigenvalue weighted by atomic mass is 32.1. The van der Waals surface area contributed by atoms with Gasteiger partial charge in [-0.05, 0) is 24.6 Å². The van der Waals surface area contributed by atoms with Gasteiger partial charge in [0.2, 0.25) is 0 Å². The van der Waals surface area contributed by atoms with Crippen LogP contribution in [0.25, 0.3) is 0 Å². The van der Waals surface area contributed by atoms with Crippen LogP contribution in [0.5, 0.6) is 5.75 Å². The maximum atomic E-state index is 12.0. The number of benzene rings is 1. The van der Waals surface area contributed by atoms with Crippen LogP contribution in [0, 0.1) is 6.92 Å². The van der Waals surface area contributed by atoms with E-state index in [1.165, 1.54) is 12.3 Å². The summed E-state index contributed by atoms with van der Waals surface area (Å²) in [5, 5.41) is 18.5. The molecule has 0 unspecified atom stereocenters. The normalized spacial score (nSPS) is 10.2. The zero-order valence-corrected chi connectivity index (χ0v) is 10.9. The van der Waals surface area contributed by atoms with Crippen LogP contribution in [0.4, 0.5) is 5.82 Å². The average Bonchev–Trinajstić information content (AvgIpc) is 2.80. The van der Waals surface area contributed by atoms with E-state index in [4.69, 9.17) is 18.0 Å². The van der Waals surface area contributed by atoms with Gasteiger partial charge < -0.3 is 16.2 Å². The monoisotopic (exact) mass is 276 g/mol. The highest BCUT2D eigenvalue weighted by Gasteiger charge is 2.13. The van der Waals surface area contributed by atoms with Crippen LogP contribution < -0.4 is 11.1 Å². The molecule has 0 fully saturated rings. The summed E-state index contributed by atoms with van der Waals surface area (Å²) in [6.45, 7) is 1.75. The van der Waals surface area contributed by atoms with Gasteiger partial charge in [-0.1, -0.05) is 18.3 Å². The summed E-state index contributed by atoms with van der Waals surface area (Å²) >= 11 is 4.84. The average molecular weight is 276 g/mol. The van der Waals surface area contributed by atoms with E-state index in [0.29, 0.717) is 22.5 Å². The summed E-state index contributed by atoms with van der Waals surface area (Å²) in [5.41, 5.74) is 6.98. The maximum Gasteiger partial charge on any atom is 0.256 e. The Hall–Kier alpha value is -2.41. The number of phenols is 1. The number of anilines is 1. The van der Waals surface area contributed by atoms with Crippen molar-refractivity contribution in [2.75, 3.05) is 5.32 Å². The Bertz CT molecular complexity index is 651. The molecule has 0 spiro atoms. The van der Waals surface area contributed by atoms with Crippen LogP contribution in [0.1, 0.15) is 21.5 Å². The van der Waals surface area contributed by atoms with Crippen molar-refractivity contribution in [3.05, 3.63) is 41.1 Å². The highest BCUT2D eigenvalue weighted by Crippen LogP contribution is 2.19. The first kappa shape index (κ1) is 13.0. The standard InChI is InChI=1S/C12H12N4O2S/c1-6-2-3-7(4-9(6)17)12(18)15-11-8(10(13)19)5-14-16-11/h2-5,17H,1H3,(H2,13,19)(H2,14,15,16,18). The molecule has 2 aromatic rings. The van der Waals surface area contributed by atoms with Gasteiger partial charge in [-0.25, -0.2) is 0 Å². The highest BCUT2D eigenvalue weighted by molar-refractivity contribution is 7.80. The van der Waals surface area contributed by atoms with E-state index < -0.39 is 5.91 Å². The van der Waals surface area contributed by atoms with Crippen molar-refractivity contribution >= 4 is 28.9 Å². The minimum atomic E-state index is -0.392. The number of carbonyl (C=O) groups excluding carboxylic acids is 1. The number of nitrogens with one attached hydrogen (secondary N) is 2. The second-order valence-electron chi connectivity index (χ2n) is 3.98. The maximum absolute atomic E-state index is 12.0. The zero-order valence-electron chi connectivity index (χ0n) is 10.1. The molecular formula is C12H12N4O2S. The summed E-state index contributed by atoms with van der Waals surface area (Å²) in [4.78, 5) is 12.1. The number of thiocarbonyl (C=S) groups is 1. The fraction of sp³-hybridized carbons (Fsp3) is 0.0833. The number of aromatic hydroxyl groups is 1. The van der Waals surface area contributed by atoms with Crippen molar-refractivity contribution in [3.8, 4) is 5.75 Å². The number of aryl methyl sites for hydroxylation is 1. The van der Waals surface area contributed by atoms with Gasteiger partial charge in [-0.2, -0.15) is 5.10 Å². The molecule has 0 saturated heterocycles. The smallest absolute Gasteiger partial charge is 0.256 e. The predicted molar refractivity (Wildman–Crippen MR) is 75.3 cm³/mol. The number of carbonyl (C=O) groups is 1. The van der Waals surface area contributed by atoms with E-state index in [2.05, 4.69) is 15.5 Å². The van der Waals surface area contributed by atoms with Crippen molar-refractivity contribution < 1.29 is 9.90 Å². The van der Waals surface area contributed by atoms with Crippen LogP contribution in [-0.2, 0) is 0 Å². The van der Waals surface area contributed by atoms with E-state index in [0.717, 1.165) is 0 Å². The molecule has 0 atom stereocenters. The van der Waals surface area contributed by atoms with Crippen LogP contribution >= 0.6 is 12.2 Å². The third-order valence-corrected chi connectivity index (χ3v) is 2.83. The minimum absolute atomic E-state index is 0.0619. The molecule has 98 valence electrons. The van der Waals surface area contributed by atoms with Crippen LogP contribution in [0.15, 0.2) is 24.4 Å². The molecule has 6 nitrogen and oxygen atoms in total. The molecule has 0 aliphatic rings. The second kappa shape index (κ2) is 5.07. The van der Waals surface area contributed by atoms with Gasteiger partial charge in [0.1, 0.15) is 16.6 Å². The molecule has 5 N–H and O–H groups in total. The SMILES string of the molecule is Cc1ccc(C(=O)Nc2[nH]ncc2C(N)=S)cc1O. The summed E-state index contributed by atoms with van der Waals surface area (Å²) < 4.78 is 0. The van der Waals surface area contributed by atoms with Gasteiger partial charge in [-0.3, -0.25) is 9.89 Å². The van der Waals surface area contributed by atoms with Crippen molar-refractivity contribution in [1.82, 2.24) is 10.2 Å². The number of rotatable bonds is 3. The van der Waals surface area contributed by atoms with Gasteiger partial charge in [0.05, 0.1) is 11.8 Å². The second-order valence-corrected chi connectivity index (χ2v) is 4.42. The lowest BCUT2D eigenvalue weighted by Gasteiger charge is -2.06. The van der Waals surface area contributed by atoms with Crippen molar-refractivity contribution in [2.24, 2.45) is 5.73 Å². The molecule has 1 aromatic carbocycles. The molecule has 1 heterocycles. The number of amides is 1. The molecule has 19 heavy (non-hydrogen) atoms. The van der Waals surface area contributed by atoms with Gasteiger partial charge in [-0.15, -0.1) is 0 Å². The molecular weight excluding hydrogens is 264 g/mol. The number of aromatic nitrogens is 2. The molecule has 0 radical (unpaired) electrons. The quantitative estimate of drug-likeness (QED) is 0.633. The minimum Gasteiger partial charge on any atom is -0.508 e. The number of H-pyrrole nitrogens is 1. The van der Waals surface area contributed by atoms with E-state index in [-0.39, 0.29) is 10.7 Å². The van der Waals surface area contributed by atoms with Crippen molar-refractivity contribution in [2.45, 2.75) is 6.92 Å². The lowest BCUT2D eigenvalue weighted by atomic mass is 10.1. The van der Waals surface area contributed by atoms with Crippen LogP contribution in [-0.4, -0.2) is 26.2 Å². The Morgan fingerprint density at radius 3 is 2.89 bits per heavy atom. The van der Waals surface area contributed by atoms with E-state index in [9.17, 15) is 9.90 Å². The van der Waals surface area contributed by atoms with Crippen molar-refractivity contribution in [1.29, 1.82) is 0 Å². The molecule has 7 heteroatoms. The first-order valence-corrected chi connectivity index (χ1v) is 5.84. The predicted octanol–water partition coefficient (Wildman–Crippen LogP) is 1.31. The molecule has 0 aliphatic carbocycles. The Kier molecular flexibility index (Phi) is 3.48. The number of aromatic amines is 1.